The van der Waals surface area contributed by atoms with Gasteiger partial charge in [-0.3, -0.25) is 4.79 Å². The van der Waals surface area contributed by atoms with Crippen LogP contribution in [-0.2, 0) is 4.74 Å². The van der Waals surface area contributed by atoms with E-state index in [9.17, 15) is 40.5 Å². The number of aliphatic hydroxyl groups excluding tert-OH is 4. The van der Waals surface area contributed by atoms with Gasteiger partial charge in [-0.2, -0.15) is 0 Å². The maximum absolute atomic E-state index is 13.6. The van der Waals surface area contributed by atoms with Crippen LogP contribution in [0, 0.1) is 0 Å². The van der Waals surface area contributed by atoms with Crippen molar-refractivity contribution in [3.05, 3.63) is 34.5 Å². The maximum atomic E-state index is 13.6. The third kappa shape index (κ3) is 4.12. The Morgan fingerprint density at radius 3 is 2.25 bits per heavy atom. The summed E-state index contributed by atoms with van der Waals surface area (Å²) in [6.45, 7) is -0.740. The molecular formula is C23H24O13. The Morgan fingerprint density at radius 2 is 1.61 bits per heavy atom. The zero-order chi connectivity index (χ0) is 26.3. The van der Waals surface area contributed by atoms with E-state index < -0.39 is 65.4 Å². The highest BCUT2D eigenvalue weighted by atomic mass is 16.7. The van der Waals surface area contributed by atoms with Crippen LogP contribution in [0.2, 0.25) is 0 Å². The third-order valence-corrected chi connectivity index (χ3v) is 5.77. The number of ether oxygens (including phenoxy) is 4. The summed E-state index contributed by atoms with van der Waals surface area (Å²) in [6, 6.07) is 4.75. The Bertz CT molecular complexity index is 1330. The van der Waals surface area contributed by atoms with Gasteiger partial charge in [0, 0.05) is 11.6 Å². The predicted molar refractivity (Wildman–Crippen MR) is 120 cm³/mol. The number of phenolic OH excluding ortho intramolecular Hbond substituents is 3. The van der Waals surface area contributed by atoms with Gasteiger partial charge in [0.05, 0.1) is 20.8 Å². The molecule has 13 nitrogen and oxygen atoms in total. The molecule has 5 atom stereocenters. The van der Waals surface area contributed by atoms with Gasteiger partial charge in [0.1, 0.15) is 35.6 Å². The Balaban J connectivity index is 1.98. The molecule has 1 aliphatic rings. The summed E-state index contributed by atoms with van der Waals surface area (Å²) in [6.07, 6.45) is -8.42. The van der Waals surface area contributed by atoms with Crippen molar-refractivity contribution in [3.8, 4) is 45.8 Å². The molecule has 0 amide bonds. The van der Waals surface area contributed by atoms with Gasteiger partial charge in [-0.15, -0.1) is 0 Å². The van der Waals surface area contributed by atoms with E-state index >= 15 is 0 Å². The molecule has 0 saturated carbocycles. The fourth-order valence-corrected chi connectivity index (χ4v) is 3.89. The Labute approximate surface area is 202 Å². The van der Waals surface area contributed by atoms with Crippen LogP contribution in [0.5, 0.6) is 34.5 Å². The number of hydrogen-bond donors (Lipinski definition) is 7. The summed E-state index contributed by atoms with van der Waals surface area (Å²) < 4.78 is 27.1. The fourth-order valence-electron chi connectivity index (χ4n) is 3.89. The van der Waals surface area contributed by atoms with Gasteiger partial charge in [-0.05, 0) is 18.2 Å². The highest BCUT2D eigenvalue weighted by molar-refractivity contribution is 5.93. The maximum Gasteiger partial charge on any atom is 0.239 e. The number of hydrogen-bond acceptors (Lipinski definition) is 13. The lowest BCUT2D eigenvalue weighted by atomic mass is 9.99. The van der Waals surface area contributed by atoms with Crippen LogP contribution in [0.15, 0.2) is 33.5 Å². The number of rotatable bonds is 6. The smallest absolute Gasteiger partial charge is 0.239 e. The van der Waals surface area contributed by atoms with Crippen LogP contribution in [0.1, 0.15) is 0 Å². The van der Waals surface area contributed by atoms with Gasteiger partial charge in [0.15, 0.2) is 28.6 Å². The lowest BCUT2D eigenvalue weighted by molar-refractivity contribution is -0.277. The molecule has 2 aromatic carbocycles. The van der Waals surface area contributed by atoms with Crippen molar-refractivity contribution in [1.29, 1.82) is 0 Å². The van der Waals surface area contributed by atoms with Crippen LogP contribution < -0.4 is 19.6 Å². The molecule has 7 N–H and O–H groups in total. The summed E-state index contributed by atoms with van der Waals surface area (Å²) in [5.41, 5.74) is -1.21. The first kappa shape index (κ1) is 25.3. The Morgan fingerprint density at radius 1 is 0.889 bits per heavy atom. The van der Waals surface area contributed by atoms with Gasteiger partial charge in [0.25, 0.3) is 0 Å². The van der Waals surface area contributed by atoms with Crippen molar-refractivity contribution >= 4 is 11.0 Å². The zero-order valence-electron chi connectivity index (χ0n) is 19.0. The molecule has 0 unspecified atom stereocenters. The van der Waals surface area contributed by atoms with E-state index in [1.165, 1.54) is 32.4 Å². The largest absolute Gasteiger partial charge is 0.507 e. The number of fused-ring (bicyclic) bond motifs is 1. The topological polar surface area (TPSA) is 209 Å². The summed E-state index contributed by atoms with van der Waals surface area (Å²) in [4.78, 5) is 13.6. The van der Waals surface area contributed by atoms with E-state index in [1.54, 1.807) is 0 Å². The van der Waals surface area contributed by atoms with Crippen molar-refractivity contribution in [2.75, 3.05) is 20.8 Å². The van der Waals surface area contributed by atoms with Crippen LogP contribution in [0.3, 0.4) is 0 Å². The number of phenols is 3. The van der Waals surface area contributed by atoms with Crippen molar-refractivity contribution in [2.45, 2.75) is 30.7 Å². The number of aromatic hydroxyl groups is 3. The molecule has 1 fully saturated rings. The summed E-state index contributed by atoms with van der Waals surface area (Å²) in [7, 11) is 2.49. The third-order valence-electron chi connectivity index (χ3n) is 5.77. The molecular weight excluding hydrogens is 484 g/mol. The first-order valence-electron chi connectivity index (χ1n) is 10.6. The molecule has 4 rings (SSSR count). The predicted octanol–water partition coefficient (Wildman–Crippen LogP) is -0.227. The molecule has 3 aromatic rings. The van der Waals surface area contributed by atoms with E-state index in [-0.39, 0.29) is 34.2 Å². The SMILES string of the molecule is COc1cc(-c2oc3c(OC)c(O)cc(O)c3c(=O)c2O[C@H]2O[C@H](CO)[C@@H](O)[C@@H](O)[C@H]2O)ccc1O. The second-order valence-electron chi connectivity index (χ2n) is 7.94. The molecule has 1 saturated heterocycles. The molecule has 0 bridgehead atoms. The summed E-state index contributed by atoms with van der Waals surface area (Å²) in [5, 5.41) is 70.1. The summed E-state index contributed by atoms with van der Waals surface area (Å²) >= 11 is 0. The minimum Gasteiger partial charge on any atom is -0.507 e. The second kappa shape index (κ2) is 9.72. The molecule has 1 aromatic heterocycles. The Hall–Kier alpha value is -3.75. The lowest BCUT2D eigenvalue weighted by Crippen LogP contribution is -2.60. The monoisotopic (exact) mass is 508 g/mol. The number of aliphatic hydroxyl groups is 4. The quantitative estimate of drug-likeness (QED) is 0.230. The first-order chi connectivity index (χ1) is 17.1. The van der Waals surface area contributed by atoms with Gasteiger partial charge >= 0.3 is 0 Å². The second-order valence-corrected chi connectivity index (χ2v) is 7.94. The molecule has 0 radical (unpaired) electrons. The van der Waals surface area contributed by atoms with E-state index in [1.807, 2.05) is 0 Å². The average molecular weight is 508 g/mol. The fraction of sp³-hybridized carbons (Fsp3) is 0.348. The van der Waals surface area contributed by atoms with Crippen LogP contribution in [0.25, 0.3) is 22.3 Å². The highest BCUT2D eigenvalue weighted by Gasteiger charge is 2.45. The lowest BCUT2D eigenvalue weighted by Gasteiger charge is -2.39. The normalized spacial score (nSPS) is 24.0. The standard InChI is InChI=1S/C23H24O13/c1-32-12-5-8(3-4-9(12)25)19-22(36-23-18(31)17(30)15(28)13(7-24)34-23)16(29)14-10(26)6-11(27)20(33-2)21(14)35-19/h3-6,13,15,17-18,23-28,30-31H,7H2,1-2H3/t13-,15-,17-,18-,23-/m1/s1. The number of benzene rings is 2. The number of methoxy groups -OCH3 is 2. The van der Waals surface area contributed by atoms with E-state index in [2.05, 4.69) is 0 Å². The molecule has 13 heteroatoms. The van der Waals surface area contributed by atoms with E-state index in [0.717, 1.165) is 6.07 Å². The molecule has 1 aliphatic heterocycles. The van der Waals surface area contributed by atoms with E-state index in [4.69, 9.17) is 23.4 Å². The highest BCUT2D eigenvalue weighted by Crippen LogP contribution is 2.44. The first-order valence-corrected chi connectivity index (χ1v) is 10.6. The summed E-state index contributed by atoms with van der Waals surface area (Å²) in [5.74, 6) is -2.62. The molecule has 2 heterocycles. The average Bonchev–Trinajstić information content (AvgIpc) is 2.85. The molecule has 0 spiro atoms. The Kier molecular flexibility index (Phi) is 6.84. The molecule has 194 valence electrons. The van der Waals surface area contributed by atoms with Crippen molar-refractivity contribution in [2.24, 2.45) is 0 Å². The van der Waals surface area contributed by atoms with Crippen molar-refractivity contribution in [3.63, 3.8) is 0 Å². The van der Waals surface area contributed by atoms with Gasteiger partial charge in [-0.1, -0.05) is 0 Å². The van der Waals surface area contributed by atoms with Crippen molar-refractivity contribution < 1.29 is 59.1 Å². The van der Waals surface area contributed by atoms with Gasteiger partial charge in [-0.25, -0.2) is 0 Å². The van der Waals surface area contributed by atoms with E-state index in [0.29, 0.717) is 0 Å². The van der Waals surface area contributed by atoms with Crippen LogP contribution in [0.4, 0.5) is 0 Å². The van der Waals surface area contributed by atoms with Crippen molar-refractivity contribution in [1.82, 2.24) is 0 Å². The van der Waals surface area contributed by atoms with Gasteiger partial charge < -0.3 is 59.1 Å². The molecule has 36 heavy (non-hydrogen) atoms. The minimum absolute atomic E-state index is 0.000225. The zero-order valence-corrected chi connectivity index (χ0v) is 19.0. The minimum atomic E-state index is -1.86. The van der Waals surface area contributed by atoms with Crippen LogP contribution >= 0.6 is 0 Å². The van der Waals surface area contributed by atoms with Crippen LogP contribution in [-0.4, -0.2) is 87.3 Å². The van der Waals surface area contributed by atoms with Gasteiger partial charge in [0.2, 0.25) is 23.2 Å². The molecule has 0 aliphatic carbocycles.